The third kappa shape index (κ3) is 4.08. The first-order valence-electron chi connectivity index (χ1n) is 8.74. The molecule has 1 aliphatic rings. The van der Waals surface area contributed by atoms with Crippen molar-refractivity contribution in [2.75, 3.05) is 20.6 Å². The first kappa shape index (κ1) is 18.1. The van der Waals surface area contributed by atoms with Crippen LogP contribution in [0.1, 0.15) is 29.6 Å². The first-order valence-corrected chi connectivity index (χ1v) is 8.74. The average Bonchev–Trinajstić information content (AvgIpc) is 3.31. The molecule has 8 heteroatoms. The second-order valence-electron chi connectivity index (χ2n) is 6.56. The molecular weight excluding hydrogens is 332 g/mol. The first-order chi connectivity index (χ1) is 12.6. The van der Waals surface area contributed by atoms with Gasteiger partial charge < -0.3 is 10.6 Å². The minimum Gasteiger partial charge on any atom is -0.359 e. The number of nitrogens with zero attached hydrogens (tertiary/aromatic N) is 4. The number of likely N-dealkylation sites (tertiary alicyclic amines) is 1. The molecule has 0 aliphatic carbocycles. The van der Waals surface area contributed by atoms with Crippen molar-refractivity contribution in [3.05, 3.63) is 42.5 Å². The fourth-order valence-electron chi connectivity index (χ4n) is 3.35. The monoisotopic (exact) mass is 356 g/mol. The molecule has 2 N–H and O–H groups in total. The lowest BCUT2D eigenvalue weighted by atomic mass is 10.1. The summed E-state index contributed by atoms with van der Waals surface area (Å²) in [5.41, 5.74) is 1.44. The highest BCUT2D eigenvalue weighted by atomic mass is 16.2. The molecule has 1 aromatic carbocycles. The van der Waals surface area contributed by atoms with E-state index < -0.39 is 0 Å². The second-order valence-corrected chi connectivity index (χ2v) is 6.56. The van der Waals surface area contributed by atoms with Gasteiger partial charge >= 0.3 is 0 Å². The maximum absolute atomic E-state index is 12.5. The van der Waals surface area contributed by atoms with Gasteiger partial charge in [-0.2, -0.15) is 0 Å². The summed E-state index contributed by atoms with van der Waals surface area (Å²) in [4.78, 5) is 26.3. The topological polar surface area (TPSA) is 92.2 Å². The molecule has 2 heterocycles. The van der Waals surface area contributed by atoms with E-state index >= 15 is 0 Å². The maximum atomic E-state index is 12.5. The molecule has 0 saturated carbocycles. The van der Waals surface area contributed by atoms with Gasteiger partial charge in [-0.1, -0.05) is 6.07 Å². The Morgan fingerprint density at radius 2 is 1.92 bits per heavy atom. The molecular formula is C18H24N6O2. The van der Waals surface area contributed by atoms with E-state index in [2.05, 4.69) is 25.7 Å². The van der Waals surface area contributed by atoms with Crippen molar-refractivity contribution in [3.63, 3.8) is 0 Å². The van der Waals surface area contributed by atoms with Gasteiger partial charge in [0.2, 0.25) is 5.91 Å². The van der Waals surface area contributed by atoms with Gasteiger partial charge in [0, 0.05) is 43.3 Å². The molecule has 1 aromatic heterocycles. The molecule has 2 amide bonds. The highest BCUT2D eigenvalue weighted by Gasteiger charge is 2.31. The number of amides is 2. The highest BCUT2D eigenvalue weighted by Crippen LogP contribution is 2.24. The predicted molar refractivity (Wildman–Crippen MR) is 96.9 cm³/mol. The zero-order chi connectivity index (χ0) is 18.5. The Bertz CT molecular complexity index is 761. The number of aromatic nitrogens is 3. The summed E-state index contributed by atoms with van der Waals surface area (Å²) in [6.07, 6.45) is 5.62. The van der Waals surface area contributed by atoms with Crippen LogP contribution in [0.2, 0.25) is 0 Å². The van der Waals surface area contributed by atoms with Crippen LogP contribution in [-0.4, -0.2) is 64.2 Å². The van der Waals surface area contributed by atoms with E-state index in [-0.39, 0.29) is 23.9 Å². The average molecular weight is 356 g/mol. The molecule has 3 rings (SSSR count). The molecule has 0 bridgehead atoms. The van der Waals surface area contributed by atoms with Crippen molar-refractivity contribution in [2.45, 2.75) is 31.3 Å². The van der Waals surface area contributed by atoms with Crippen molar-refractivity contribution in [2.24, 2.45) is 0 Å². The fourth-order valence-corrected chi connectivity index (χ4v) is 3.35. The molecule has 0 unspecified atom stereocenters. The summed E-state index contributed by atoms with van der Waals surface area (Å²) in [7, 11) is 3.67. The normalized spacial score (nSPS) is 20.1. The van der Waals surface area contributed by atoms with Gasteiger partial charge in [-0.25, -0.2) is 0 Å². The number of carbonyl (C=O) groups is 2. The van der Waals surface area contributed by atoms with Crippen molar-refractivity contribution in [1.29, 1.82) is 0 Å². The maximum Gasteiger partial charge on any atom is 0.251 e. The van der Waals surface area contributed by atoms with E-state index in [9.17, 15) is 9.59 Å². The van der Waals surface area contributed by atoms with Crippen LogP contribution in [0.4, 0.5) is 0 Å². The van der Waals surface area contributed by atoms with Gasteiger partial charge in [0.1, 0.15) is 12.7 Å². The van der Waals surface area contributed by atoms with E-state index in [1.807, 2.05) is 25.2 Å². The summed E-state index contributed by atoms with van der Waals surface area (Å²) in [5, 5.41) is 13.2. The zero-order valence-electron chi connectivity index (χ0n) is 15.1. The van der Waals surface area contributed by atoms with E-state index in [1.54, 1.807) is 30.3 Å². The molecule has 8 nitrogen and oxygen atoms in total. The van der Waals surface area contributed by atoms with Crippen molar-refractivity contribution >= 4 is 11.8 Å². The van der Waals surface area contributed by atoms with E-state index in [0.29, 0.717) is 18.5 Å². The van der Waals surface area contributed by atoms with Gasteiger partial charge in [-0.15, -0.1) is 10.2 Å². The van der Waals surface area contributed by atoms with Gasteiger partial charge in [-0.3, -0.25) is 19.1 Å². The Kier molecular flexibility index (Phi) is 5.62. The summed E-state index contributed by atoms with van der Waals surface area (Å²) in [6.45, 7) is 0.566. The van der Waals surface area contributed by atoms with Crippen LogP contribution in [0.15, 0.2) is 36.9 Å². The lowest BCUT2D eigenvalue weighted by molar-refractivity contribution is -0.121. The summed E-state index contributed by atoms with van der Waals surface area (Å²) in [5.74, 6) is -0.0552. The van der Waals surface area contributed by atoms with Crippen molar-refractivity contribution < 1.29 is 9.59 Å². The molecule has 1 aliphatic heterocycles. The summed E-state index contributed by atoms with van der Waals surface area (Å²) >= 11 is 0. The van der Waals surface area contributed by atoms with Crippen LogP contribution in [0.5, 0.6) is 0 Å². The number of hydrogen-bond donors (Lipinski definition) is 2. The predicted octanol–water partition coefficient (Wildman–Crippen LogP) is 0.596. The molecule has 0 spiro atoms. The molecule has 2 atom stereocenters. The van der Waals surface area contributed by atoms with Gasteiger partial charge in [0.25, 0.3) is 5.91 Å². The van der Waals surface area contributed by atoms with E-state index in [4.69, 9.17) is 0 Å². The quantitative estimate of drug-likeness (QED) is 0.791. The highest BCUT2D eigenvalue weighted by molar-refractivity contribution is 5.94. The lowest BCUT2D eigenvalue weighted by Crippen LogP contribution is -2.42. The third-order valence-electron chi connectivity index (χ3n) is 5.01. The minimum atomic E-state index is -0.108. The van der Waals surface area contributed by atoms with Crippen LogP contribution in [0.3, 0.4) is 0 Å². The number of nitrogens with one attached hydrogen (secondary N) is 2. The molecule has 1 saturated heterocycles. The van der Waals surface area contributed by atoms with Crippen LogP contribution < -0.4 is 10.6 Å². The third-order valence-corrected chi connectivity index (χ3v) is 5.01. The van der Waals surface area contributed by atoms with Crippen LogP contribution >= 0.6 is 0 Å². The molecule has 138 valence electrons. The Hall–Kier alpha value is -2.74. The van der Waals surface area contributed by atoms with E-state index in [1.165, 1.54) is 0 Å². The minimum absolute atomic E-state index is 0.0531. The number of hydrogen-bond acceptors (Lipinski definition) is 5. The number of carbonyl (C=O) groups excluding carboxylic acids is 2. The smallest absolute Gasteiger partial charge is 0.251 e. The van der Waals surface area contributed by atoms with Gasteiger partial charge in [0.15, 0.2) is 0 Å². The molecule has 1 fully saturated rings. The molecule has 26 heavy (non-hydrogen) atoms. The summed E-state index contributed by atoms with van der Waals surface area (Å²) < 4.78 is 1.75. The fraction of sp³-hybridized carbons (Fsp3) is 0.444. The van der Waals surface area contributed by atoms with Crippen LogP contribution in [0.25, 0.3) is 5.69 Å². The largest absolute Gasteiger partial charge is 0.359 e. The Morgan fingerprint density at radius 1 is 1.19 bits per heavy atom. The van der Waals surface area contributed by atoms with E-state index in [0.717, 1.165) is 18.5 Å². The van der Waals surface area contributed by atoms with Crippen molar-refractivity contribution in [3.8, 4) is 5.69 Å². The molecule has 0 radical (unpaired) electrons. The van der Waals surface area contributed by atoms with Gasteiger partial charge in [0.05, 0.1) is 0 Å². The van der Waals surface area contributed by atoms with Gasteiger partial charge in [-0.05, 0) is 38.1 Å². The van der Waals surface area contributed by atoms with Crippen molar-refractivity contribution in [1.82, 2.24) is 30.3 Å². The number of rotatable bonds is 6. The Labute approximate surface area is 152 Å². The zero-order valence-corrected chi connectivity index (χ0v) is 15.1. The standard InChI is InChI=1S/C18H24N6O2/c1-19-17(25)9-14-6-7-16(23(14)2)10-20-18(26)13-4-3-5-15(8-13)24-11-21-22-12-24/h3-5,8,11-12,14,16H,6-7,9-10H2,1-2H3,(H,19,25)(H,20,26)/t14-,16+/m1/s1. The number of benzene rings is 1. The summed E-state index contributed by atoms with van der Waals surface area (Å²) in [6, 6.07) is 7.81. The SMILES string of the molecule is CNC(=O)C[C@H]1CC[C@@H](CNC(=O)c2cccc(-n3cnnc3)c2)N1C. The Balaban J connectivity index is 1.56. The second kappa shape index (κ2) is 8.09. The van der Waals surface area contributed by atoms with Crippen LogP contribution in [0, 0.1) is 0 Å². The Morgan fingerprint density at radius 3 is 2.65 bits per heavy atom. The van der Waals surface area contributed by atoms with Crippen LogP contribution in [-0.2, 0) is 4.79 Å². The lowest BCUT2D eigenvalue weighted by Gasteiger charge is -2.25. The molecule has 2 aromatic rings. The number of likely N-dealkylation sites (N-methyl/N-ethyl adjacent to an activating group) is 1.